The minimum absolute atomic E-state index is 0.0981. The Balaban J connectivity index is 2.45. The first-order chi connectivity index (χ1) is 6.24. The van der Waals surface area contributed by atoms with E-state index in [4.69, 9.17) is 0 Å². The summed E-state index contributed by atoms with van der Waals surface area (Å²) >= 11 is 0. The van der Waals surface area contributed by atoms with E-state index < -0.39 is 0 Å². The van der Waals surface area contributed by atoms with E-state index in [1.165, 1.54) is 19.3 Å². The van der Waals surface area contributed by atoms with Gasteiger partial charge in [-0.2, -0.15) is 0 Å². The van der Waals surface area contributed by atoms with Gasteiger partial charge in [0.05, 0.1) is 0 Å². The maximum atomic E-state index is 10.9. The molecule has 0 aromatic heterocycles. The molecule has 1 amide bonds. The van der Waals surface area contributed by atoms with E-state index in [0.717, 1.165) is 12.8 Å². The minimum atomic E-state index is 0.0981. The standard InChI is InChI=1S/C11H19NO/c1-3-6-10-7-4-5-8-11(10)12-9(2)13/h3,10-11H,1,4-8H2,2H3,(H,12,13)/t10-,11+/m1/s1. The average molecular weight is 181 g/mol. The van der Waals surface area contributed by atoms with E-state index in [2.05, 4.69) is 11.9 Å². The molecule has 1 fully saturated rings. The van der Waals surface area contributed by atoms with Crippen molar-refractivity contribution < 1.29 is 4.79 Å². The smallest absolute Gasteiger partial charge is 0.217 e. The van der Waals surface area contributed by atoms with E-state index in [1.807, 2.05) is 6.08 Å². The second-order valence-corrected chi connectivity index (χ2v) is 3.88. The predicted molar refractivity (Wildman–Crippen MR) is 54.4 cm³/mol. The molecule has 0 saturated heterocycles. The molecule has 1 saturated carbocycles. The van der Waals surface area contributed by atoms with E-state index in [-0.39, 0.29) is 5.91 Å². The monoisotopic (exact) mass is 181 g/mol. The Morgan fingerprint density at radius 3 is 2.85 bits per heavy atom. The third kappa shape index (κ3) is 3.21. The number of hydrogen-bond donors (Lipinski definition) is 1. The van der Waals surface area contributed by atoms with Crippen LogP contribution < -0.4 is 5.32 Å². The zero-order chi connectivity index (χ0) is 9.68. The van der Waals surface area contributed by atoms with Crippen LogP contribution in [0.25, 0.3) is 0 Å². The summed E-state index contributed by atoms with van der Waals surface area (Å²) < 4.78 is 0. The molecule has 0 radical (unpaired) electrons. The first kappa shape index (κ1) is 10.3. The molecule has 0 spiro atoms. The predicted octanol–water partition coefficient (Wildman–Crippen LogP) is 2.26. The third-order valence-corrected chi connectivity index (χ3v) is 2.77. The lowest BCUT2D eigenvalue weighted by molar-refractivity contribution is -0.120. The summed E-state index contributed by atoms with van der Waals surface area (Å²) in [5.41, 5.74) is 0. The number of hydrogen-bond acceptors (Lipinski definition) is 1. The van der Waals surface area contributed by atoms with Gasteiger partial charge in [0.2, 0.25) is 5.91 Å². The largest absolute Gasteiger partial charge is 0.353 e. The molecule has 0 bridgehead atoms. The highest BCUT2D eigenvalue weighted by molar-refractivity contribution is 5.73. The Morgan fingerprint density at radius 1 is 1.54 bits per heavy atom. The molecule has 2 heteroatoms. The number of rotatable bonds is 3. The molecule has 0 unspecified atom stereocenters. The fourth-order valence-electron chi connectivity index (χ4n) is 2.15. The van der Waals surface area contributed by atoms with Gasteiger partial charge in [0.25, 0.3) is 0 Å². The lowest BCUT2D eigenvalue weighted by atomic mass is 9.82. The first-order valence-corrected chi connectivity index (χ1v) is 5.12. The van der Waals surface area contributed by atoms with Crippen molar-refractivity contribution in [3.05, 3.63) is 12.7 Å². The minimum Gasteiger partial charge on any atom is -0.353 e. The Kier molecular flexibility index (Phi) is 4.00. The molecule has 2 atom stereocenters. The fraction of sp³-hybridized carbons (Fsp3) is 0.727. The highest BCUT2D eigenvalue weighted by Crippen LogP contribution is 2.27. The van der Waals surface area contributed by atoms with Crippen molar-refractivity contribution in [1.29, 1.82) is 0 Å². The Labute approximate surface area is 80.4 Å². The highest BCUT2D eigenvalue weighted by Gasteiger charge is 2.24. The normalized spacial score (nSPS) is 28.1. The number of carbonyl (C=O) groups is 1. The van der Waals surface area contributed by atoms with Gasteiger partial charge in [-0.05, 0) is 25.2 Å². The molecule has 0 aliphatic heterocycles. The molecule has 0 heterocycles. The number of amides is 1. The van der Waals surface area contributed by atoms with Crippen LogP contribution in [0.1, 0.15) is 39.0 Å². The molecule has 2 nitrogen and oxygen atoms in total. The summed E-state index contributed by atoms with van der Waals surface area (Å²) in [5.74, 6) is 0.719. The van der Waals surface area contributed by atoms with Crippen LogP contribution in [-0.4, -0.2) is 11.9 Å². The van der Waals surface area contributed by atoms with Gasteiger partial charge in [0.1, 0.15) is 0 Å². The molecule has 74 valence electrons. The SMILES string of the molecule is C=CC[C@@H]1CCCC[C@@H]1NC(C)=O. The summed E-state index contributed by atoms with van der Waals surface area (Å²) in [4.78, 5) is 10.9. The van der Waals surface area contributed by atoms with Crippen molar-refractivity contribution >= 4 is 5.91 Å². The second kappa shape index (κ2) is 5.05. The second-order valence-electron chi connectivity index (χ2n) is 3.88. The molecule has 1 rings (SSSR count). The molecule has 1 aliphatic rings. The molecule has 1 aliphatic carbocycles. The molecular weight excluding hydrogens is 162 g/mol. The molecule has 1 N–H and O–H groups in total. The summed E-state index contributed by atoms with van der Waals surface area (Å²) in [6.45, 7) is 5.35. The molecule has 0 aromatic carbocycles. The van der Waals surface area contributed by atoms with E-state index >= 15 is 0 Å². The zero-order valence-corrected chi connectivity index (χ0v) is 8.38. The molecular formula is C11H19NO. The first-order valence-electron chi connectivity index (χ1n) is 5.12. The summed E-state index contributed by atoms with van der Waals surface area (Å²) in [7, 11) is 0. The van der Waals surface area contributed by atoms with Crippen LogP contribution in [0.2, 0.25) is 0 Å². The van der Waals surface area contributed by atoms with Gasteiger partial charge >= 0.3 is 0 Å². The Morgan fingerprint density at radius 2 is 2.23 bits per heavy atom. The van der Waals surface area contributed by atoms with Crippen LogP contribution >= 0.6 is 0 Å². The zero-order valence-electron chi connectivity index (χ0n) is 8.38. The highest BCUT2D eigenvalue weighted by atomic mass is 16.1. The van der Waals surface area contributed by atoms with Crippen molar-refractivity contribution in [2.24, 2.45) is 5.92 Å². The van der Waals surface area contributed by atoms with Crippen molar-refractivity contribution in [3.8, 4) is 0 Å². The van der Waals surface area contributed by atoms with Crippen molar-refractivity contribution in [1.82, 2.24) is 5.32 Å². The Hall–Kier alpha value is -0.790. The van der Waals surface area contributed by atoms with E-state index in [1.54, 1.807) is 6.92 Å². The average Bonchev–Trinajstić information content (AvgIpc) is 2.08. The van der Waals surface area contributed by atoms with Gasteiger partial charge in [-0.3, -0.25) is 4.79 Å². The van der Waals surface area contributed by atoms with Crippen molar-refractivity contribution in [2.45, 2.75) is 45.1 Å². The maximum absolute atomic E-state index is 10.9. The van der Waals surface area contributed by atoms with Crippen molar-refractivity contribution in [3.63, 3.8) is 0 Å². The fourth-order valence-corrected chi connectivity index (χ4v) is 2.15. The van der Waals surface area contributed by atoms with E-state index in [0.29, 0.717) is 12.0 Å². The maximum Gasteiger partial charge on any atom is 0.217 e. The third-order valence-electron chi connectivity index (χ3n) is 2.77. The van der Waals surface area contributed by atoms with Crippen LogP contribution in [0.15, 0.2) is 12.7 Å². The van der Waals surface area contributed by atoms with Crippen LogP contribution in [0.5, 0.6) is 0 Å². The quantitative estimate of drug-likeness (QED) is 0.665. The van der Waals surface area contributed by atoms with Crippen LogP contribution in [0.3, 0.4) is 0 Å². The van der Waals surface area contributed by atoms with Crippen LogP contribution in [-0.2, 0) is 4.79 Å². The van der Waals surface area contributed by atoms with Gasteiger partial charge in [0.15, 0.2) is 0 Å². The number of nitrogens with one attached hydrogen (secondary N) is 1. The van der Waals surface area contributed by atoms with Gasteiger partial charge in [0, 0.05) is 13.0 Å². The number of carbonyl (C=O) groups excluding carboxylic acids is 1. The van der Waals surface area contributed by atoms with Crippen molar-refractivity contribution in [2.75, 3.05) is 0 Å². The molecule has 0 aromatic rings. The van der Waals surface area contributed by atoms with E-state index in [9.17, 15) is 4.79 Å². The summed E-state index contributed by atoms with van der Waals surface area (Å²) in [5, 5.41) is 3.03. The van der Waals surface area contributed by atoms with Gasteiger partial charge in [-0.1, -0.05) is 18.9 Å². The van der Waals surface area contributed by atoms with Crippen LogP contribution in [0, 0.1) is 5.92 Å². The molecule has 13 heavy (non-hydrogen) atoms. The lowest BCUT2D eigenvalue weighted by Crippen LogP contribution is -2.40. The Bertz CT molecular complexity index is 189. The van der Waals surface area contributed by atoms with Gasteiger partial charge < -0.3 is 5.32 Å². The van der Waals surface area contributed by atoms with Gasteiger partial charge in [-0.15, -0.1) is 6.58 Å². The summed E-state index contributed by atoms with van der Waals surface area (Å²) in [6, 6.07) is 0.393. The van der Waals surface area contributed by atoms with Gasteiger partial charge in [-0.25, -0.2) is 0 Å². The van der Waals surface area contributed by atoms with Crippen LogP contribution in [0.4, 0.5) is 0 Å². The topological polar surface area (TPSA) is 29.1 Å². The summed E-state index contributed by atoms with van der Waals surface area (Å²) in [6.07, 6.45) is 7.91. The lowest BCUT2D eigenvalue weighted by Gasteiger charge is -2.31. The number of allylic oxidation sites excluding steroid dienone is 1.